The smallest absolute Gasteiger partial charge is 0.276 e. The lowest BCUT2D eigenvalue weighted by Crippen LogP contribution is -2.45. The Bertz CT molecular complexity index is 757. The van der Waals surface area contributed by atoms with Crippen molar-refractivity contribution < 1.29 is 19.1 Å². The molecule has 0 aliphatic carbocycles. The van der Waals surface area contributed by atoms with Gasteiger partial charge in [-0.15, -0.1) is 0 Å². The Morgan fingerprint density at radius 3 is 1.71 bits per heavy atom. The molecule has 0 radical (unpaired) electrons. The molecule has 0 bridgehead atoms. The number of nitrogens with one attached hydrogen (secondary N) is 2. The van der Waals surface area contributed by atoms with Gasteiger partial charge in [-0.05, 0) is 54.2 Å². The Hall–Kier alpha value is -3.02. The minimum absolute atomic E-state index is 0.191. The van der Waals surface area contributed by atoms with Crippen molar-refractivity contribution in [3.63, 3.8) is 0 Å². The van der Waals surface area contributed by atoms with E-state index in [-0.39, 0.29) is 13.2 Å². The molecule has 0 spiro atoms. The van der Waals surface area contributed by atoms with E-state index >= 15 is 0 Å². The number of hydrogen-bond acceptors (Lipinski definition) is 4. The van der Waals surface area contributed by atoms with Gasteiger partial charge in [0.2, 0.25) is 0 Å². The van der Waals surface area contributed by atoms with Crippen LogP contribution in [0.5, 0.6) is 11.5 Å². The van der Waals surface area contributed by atoms with Crippen molar-refractivity contribution in [2.75, 3.05) is 13.2 Å². The molecule has 28 heavy (non-hydrogen) atoms. The minimum atomic E-state index is -0.453. The maximum Gasteiger partial charge on any atom is 0.276 e. The molecule has 1 atom stereocenters. The van der Waals surface area contributed by atoms with Crippen LogP contribution in [0.15, 0.2) is 48.5 Å². The third-order valence-corrected chi connectivity index (χ3v) is 4.47. The zero-order valence-corrected chi connectivity index (χ0v) is 16.7. The number of carbonyl (C=O) groups is 2. The van der Waals surface area contributed by atoms with Crippen molar-refractivity contribution in [3.8, 4) is 11.5 Å². The SMILES string of the molecule is CCc1ccc(OCC(=O)NNC(=O)COc2ccc(C(C)CC)cc2)cc1. The summed E-state index contributed by atoms with van der Waals surface area (Å²) < 4.78 is 10.8. The van der Waals surface area contributed by atoms with Crippen LogP contribution in [0.25, 0.3) is 0 Å². The Morgan fingerprint density at radius 1 is 0.821 bits per heavy atom. The lowest BCUT2D eigenvalue weighted by molar-refractivity contribution is -0.131. The van der Waals surface area contributed by atoms with Crippen LogP contribution < -0.4 is 20.3 Å². The topological polar surface area (TPSA) is 76.7 Å². The third-order valence-electron chi connectivity index (χ3n) is 4.47. The van der Waals surface area contributed by atoms with Gasteiger partial charge in [-0.3, -0.25) is 20.4 Å². The molecule has 0 fully saturated rings. The number of benzene rings is 2. The van der Waals surface area contributed by atoms with Gasteiger partial charge < -0.3 is 9.47 Å². The first-order chi connectivity index (χ1) is 13.5. The van der Waals surface area contributed by atoms with Gasteiger partial charge in [-0.25, -0.2) is 0 Å². The van der Waals surface area contributed by atoms with Gasteiger partial charge in [0, 0.05) is 0 Å². The highest BCUT2D eigenvalue weighted by atomic mass is 16.5. The van der Waals surface area contributed by atoms with E-state index in [0.717, 1.165) is 12.8 Å². The number of aryl methyl sites for hydroxylation is 1. The van der Waals surface area contributed by atoms with E-state index in [9.17, 15) is 9.59 Å². The molecule has 0 saturated heterocycles. The second-order valence-corrected chi connectivity index (χ2v) is 6.55. The first-order valence-corrected chi connectivity index (χ1v) is 9.54. The third kappa shape index (κ3) is 6.95. The van der Waals surface area contributed by atoms with Crippen molar-refractivity contribution in [2.24, 2.45) is 0 Å². The number of ether oxygens (including phenoxy) is 2. The largest absolute Gasteiger partial charge is 0.484 e. The fourth-order valence-electron chi connectivity index (χ4n) is 2.46. The Kier molecular flexibility index (Phi) is 8.34. The zero-order valence-electron chi connectivity index (χ0n) is 16.7. The number of rotatable bonds is 9. The van der Waals surface area contributed by atoms with Crippen LogP contribution in [0.2, 0.25) is 0 Å². The summed E-state index contributed by atoms with van der Waals surface area (Å²) in [7, 11) is 0. The fraction of sp³-hybridized carbons (Fsp3) is 0.364. The first kappa shape index (κ1) is 21.3. The summed E-state index contributed by atoms with van der Waals surface area (Å²) in [5, 5.41) is 0. The van der Waals surface area contributed by atoms with Gasteiger partial charge in [-0.1, -0.05) is 45.0 Å². The molecule has 0 aromatic heterocycles. The van der Waals surface area contributed by atoms with E-state index in [2.05, 4.69) is 31.6 Å². The normalized spacial score (nSPS) is 11.4. The highest BCUT2D eigenvalue weighted by molar-refractivity contribution is 5.83. The van der Waals surface area contributed by atoms with E-state index in [1.807, 2.05) is 48.5 Å². The quantitative estimate of drug-likeness (QED) is 0.650. The first-order valence-electron chi connectivity index (χ1n) is 9.54. The standard InChI is InChI=1S/C22H28N2O4/c1-4-16(3)18-8-12-20(13-9-18)28-15-22(26)24-23-21(25)14-27-19-10-6-17(5-2)7-11-19/h6-13,16H,4-5,14-15H2,1-3H3,(H,23,25)(H,24,26). The molecule has 1 unspecified atom stereocenters. The van der Waals surface area contributed by atoms with E-state index in [0.29, 0.717) is 17.4 Å². The predicted octanol–water partition coefficient (Wildman–Crippen LogP) is 3.37. The molecular weight excluding hydrogens is 356 g/mol. The van der Waals surface area contributed by atoms with Gasteiger partial charge in [0.25, 0.3) is 11.8 Å². The fourth-order valence-corrected chi connectivity index (χ4v) is 2.46. The molecule has 0 heterocycles. The van der Waals surface area contributed by atoms with E-state index in [1.54, 1.807) is 0 Å². The average molecular weight is 384 g/mol. The Morgan fingerprint density at radius 2 is 1.29 bits per heavy atom. The summed E-state index contributed by atoms with van der Waals surface area (Å²) in [6.07, 6.45) is 2.01. The minimum Gasteiger partial charge on any atom is -0.484 e. The van der Waals surface area contributed by atoms with Crippen LogP contribution in [-0.2, 0) is 16.0 Å². The van der Waals surface area contributed by atoms with Gasteiger partial charge in [-0.2, -0.15) is 0 Å². The van der Waals surface area contributed by atoms with Crippen LogP contribution in [0, 0.1) is 0 Å². The molecule has 6 heteroatoms. The monoisotopic (exact) mass is 384 g/mol. The maximum atomic E-state index is 11.8. The van der Waals surface area contributed by atoms with Crippen molar-refractivity contribution >= 4 is 11.8 Å². The molecule has 0 saturated carbocycles. The molecule has 6 nitrogen and oxygen atoms in total. The van der Waals surface area contributed by atoms with Crippen LogP contribution in [-0.4, -0.2) is 25.0 Å². The Labute approximate surface area is 166 Å². The highest BCUT2D eigenvalue weighted by Crippen LogP contribution is 2.21. The molecule has 2 N–H and O–H groups in total. The van der Waals surface area contributed by atoms with Crippen molar-refractivity contribution in [3.05, 3.63) is 59.7 Å². The summed E-state index contributed by atoms with van der Waals surface area (Å²) in [6, 6.07) is 15.2. The van der Waals surface area contributed by atoms with Crippen LogP contribution >= 0.6 is 0 Å². The molecule has 2 aromatic rings. The van der Waals surface area contributed by atoms with Gasteiger partial charge in [0.1, 0.15) is 11.5 Å². The lowest BCUT2D eigenvalue weighted by atomic mass is 9.99. The van der Waals surface area contributed by atoms with Crippen LogP contribution in [0.1, 0.15) is 44.2 Å². The molecule has 150 valence electrons. The molecule has 2 rings (SSSR count). The molecule has 0 aliphatic rings. The molecule has 0 aliphatic heterocycles. The average Bonchev–Trinajstić information content (AvgIpc) is 2.74. The lowest BCUT2D eigenvalue weighted by Gasteiger charge is -2.11. The zero-order chi connectivity index (χ0) is 20.4. The molecular formula is C22H28N2O4. The second kappa shape index (κ2) is 11.0. The maximum absolute atomic E-state index is 11.8. The molecule has 2 amide bonds. The summed E-state index contributed by atoms with van der Waals surface area (Å²) in [5.74, 6) is 0.784. The van der Waals surface area contributed by atoms with E-state index < -0.39 is 11.8 Å². The van der Waals surface area contributed by atoms with Crippen LogP contribution in [0.3, 0.4) is 0 Å². The number of carbonyl (C=O) groups excluding carboxylic acids is 2. The van der Waals surface area contributed by atoms with E-state index in [4.69, 9.17) is 9.47 Å². The predicted molar refractivity (Wildman–Crippen MR) is 108 cm³/mol. The summed E-state index contributed by atoms with van der Waals surface area (Å²) >= 11 is 0. The van der Waals surface area contributed by atoms with Gasteiger partial charge >= 0.3 is 0 Å². The summed E-state index contributed by atoms with van der Waals surface area (Å²) in [4.78, 5) is 23.6. The van der Waals surface area contributed by atoms with Crippen LogP contribution in [0.4, 0.5) is 0 Å². The van der Waals surface area contributed by atoms with Crippen molar-refractivity contribution in [1.29, 1.82) is 0 Å². The Balaban J connectivity index is 1.66. The summed E-state index contributed by atoms with van der Waals surface area (Å²) in [5.41, 5.74) is 7.03. The van der Waals surface area contributed by atoms with Gasteiger partial charge in [0.05, 0.1) is 0 Å². The number of hydrazine groups is 1. The van der Waals surface area contributed by atoms with Crippen molar-refractivity contribution in [1.82, 2.24) is 10.9 Å². The molecule has 2 aromatic carbocycles. The van der Waals surface area contributed by atoms with E-state index in [1.165, 1.54) is 11.1 Å². The number of hydrogen-bond donors (Lipinski definition) is 2. The highest BCUT2D eigenvalue weighted by Gasteiger charge is 2.08. The summed E-state index contributed by atoms with van der Waals surface area (Å²) in [6.45, 7) is 5.99. The second-order valence-electron chi connectivity index (χ2n) is 6.55. The van der Waals surface area contributed by atoms with Crippen molar-refractivity contribution in [2.45, 2.75) is 39.5 Å². The van der Waals surface area contributed by atoms with Gasteiger partial charge in [0.15, 0.2) is 13.2 Å². The number of amides is 2.